The van der Waals surface area contributed by atoms with Gasteiger partial charge < -0.3 is 4.74 Å². The molecule has 3 rings (SSSR count). The molecule has 22 heavy (non-hydrogen) atoms. The number of nitrogens with zero attached hydrogens (tertiary/aromatic N) is 2. The van der Waals surface area contributed by atoms with Crippen molar-refractivity contribution in [2.75, 3.05) is 19.7 Å². The van der Waals surface area contributed by atoms with Crippen LogP contribution >= 0.6 is 0 Å². The van der Waals surface area contributed by atoms with Gasteiger partial charge >= 0.3 is 0 Å². The Balaban J connectivity index is 1.75. The summed E-state index contributed by atoms with van der Waals surface area (Å²) >= 11 is 0. The molecule has 1 aromatic rings. The zero-order chi connectivity index (χ0) is 15.7. The first-order valence-electron chi connectivity index (χ1n) is 7.36. The molecule has 0 spiro atoms. The van der Waals surface area contributed by atoms with E-state index in [-0.39, 0.29) is 28.6 Å². The van der Waals surface area contributed by atoms with Gasteiger partial charge in [-0.2, -0.15) is 5.26 Å². The first kappa shape index (κ1) is 15.4. The Morgan fingerprint density at radius 2 is 2.14 bits per heavy atom. The van der Waals surface area contributed by atoms with Crippen molar-refractivity contribution in [3.05, 3.63) is 29.8 Å². The highest BCUT2D eigenvalue weighted by Gasteiger charge is 2.38. The van der Waals surface area contributed by atoms with Crippen molar-refractivity contribution in [3.63, 3.8) is 0 Å². The number of ether oxygens (including phenoxy) is 1. The van der Waals surface area contributed by atoms with E-state index in [2.05, 4.69) is 9.62 Å². The smallest absolute Gasteiger partial charge is 0.242 e. The van der Waals surface area contributed by atoms with Crippen molar-refractivity contribution in [2.24, 2.45) is 0 Å². The van der Waals surface area contributed by atoms with Crippen LogP contribution in [0.3, 0.4) is 0 Å². The van der Waals surface area contributed by atoms with E-state index in [4.69, 9.17) is 10.00 Å². The van der Waals surface area contributed by atoms with E-state index in [0.717, 1.165) is 13.0 Å². The van der Waals surface area contributed by atoms with Gasteiger partial charge in [-0.3, -0.25) is 4.90 Å². The van der Waals surface area contributed by atoms with Gasteiger partial charge in [0.2, 0.25) is 10.0 Å². The van der Waals surface area contributed by atoms with E-state index < -0.39 is 10.0 Å². The molecule has 0 radical (unpaired) electrons. The Morgan fingerprint density at radius 1 is 1.36 bits per heavy atom. The van der Waals surface area contributed by atoms with E-state index >= 15 is 0 Å². The largest absolute Gasteiger partial charge is 0.376 e. The Hall–Kier alpha value is -1.46. The predicted molar refractivity (Wildman–Crippen MR) is 80.7 cm³/mol. The van der Waals surface area contributed by atoms with Crippen molar-refractivity contribution in [2.45, 2.75) is 36.4 Å². The Morgan fingerprint density at radius 3 is 2.91 bits per heavy atom. The first-order valence-corrected chi connectivity index (χ1v) is 8.85. The maximum absolute atomic E-state index is 12.5. The minimum atomic E-state index is -3.68. The van der Waals surface area contributed by atoms with Gasteiger partial charge in [0, 0.05) is 25.2 Å². The number of nitrogens with one attached hydrogen (secondary N) is 1. The summed E-state index contributed by atoms with van der Waals surface area (Å²) in [6, 6.07) is 8.33. The third-order valence-corrected chi connectivity index (χ3v) is 5.79. The lowest BCUT2D eigenvalue weighted by Crippen LogP contribution is -2.45. The van der Waals surface area contributed by atoms with E-state index in [0.29, 0.717) is 13.2 Å². The minimum Gasteiger partial charge on any atom is -0.376 e. The SMILES string of the molecule is C[C@@H]1CN2C[C@H](NS(=O)(=O)c3ccccc3C#N)C[C@H]2CO1. The third-order valence-electron chi connectivity index (χ3n) is 4.21. The molecule has 0 bridgehead atoms. The highest BCUT2D eigenvalue weighted by atomic mass is 32.2. The average Bonchev–Trinajstić information content (AvgIpc) is 2.87. The van der Waals surface area contributed by atoms with Crippen LogP contribution in [-0.4, -0.2) is 51.2 Å². The van der Waals surface area contributed by atoms with Gasteiger partial charge in [-0.05, 0) is 25.5 Å². The van der Waals surface area contributed by atoms with Gasteiger partial charge in [0.25, 0.3) is 0 Å². The molecule has 0 aromatic heterocycles. The van der Waals surface area contributed by atoms with E-state index in [1.165, 1.54) is 12.1 Å². The quantitative estimate of drug-likeness (QED) is 0.886. The molecule has 0 saturated carbocycles. The summed E-state index contributed by atoms with van der Waals surface area (Å²) in [5.41, 5.74) is 0.169. The Kier molecular flexibility index (Phi) is 4.19. The van der Waals surface area contributed by atoms with Crippen molar-refractivity contribution >= 4 is 10.0 Å². The van der Waals surface area contributed by atoms with Crippen LogP contribution < -0.4 is 4.72 Å². The molecule has 2 aliphatic heterocycles. The topological polar surface area (TPSA) is 82.4 Å². The lowest BCUT2D eigenvalue weighted by atomic mass is 10.2. The molecule has 2 fully saturated rings. The first-order chi connectivity index (χ1) is 10.5. The number of hydrogen-bond acceptors (Lipinski definition) is 5. The van der Waals surface area contributed by atoms with Crippen molar-refractivity contribution in [3.8, 4) is 6.07 Å². The van der Waals surface area contributed by atoms with E-state index in [1.54, 1.807) is 12.1 Å². The van der Waals surface area contributed by atoms with Gasteiger partial charge in [-0.25, -0.2) is 13.1 Å². The van der Waals surface area contributed by atoms with Crippen LogP contribution in [0.5, 0.6) is 0 Å². The Labute approximate surface area is 130 Å². The van der Waals surface area contributed by atoms with Crippen LogP contribution in [0.2, 0.25) is 0 Å². The molecule has 2 saturated heterocycles. The molecule has 7 heteroatoms. The summed E-state index contributed by atoms with van der Waals surface area (Å²) in [4.78, 5) is 2.32. The fraction of sp³-hybridized carbons (Fsp3) is 0.533. The third kappa shape index (κ3) is 3.01. The molecule has 1 aromatic carbocycles. The molecule has 0 amide bonds. The summed E-state index contributed by atoms with van der Waals surface area (Å²) in [5, 5.41) is 9.07. The molecular weight excluding hydrogens is 302 g/mol. The number of nitriles is 1. The molecule has 2 heterocycles. The van der Waals surface area contributed by atoms with E-state index in [9.17, 15) is 8.42 Å². The second-order valence-corrected chi connectivity index (χ2v) is 7.60. The number of rotatable bonds is 3. The van der Waals surface area contributed by atoms with Gasteiger partial charge in [-0.1, -0.05) is 12.1 Å². The second-order valence-electron chi connectivity index (χ2n) is 5.91. The normalized spacial score (nSPS) is 29.0. The zero-order valence-corrected chi connectivity index (χ0v) is 13.2. The standard InChI is InChI=1S/C15H19N3O3S/c1-11-8-18-9-13(6-14(18)10-21-11)17-22(19,20)15-5-3-2-4-12(15)7-16/h2-5,11,13-14,17H,6,8-10H2,1H3/t11-,13-,14+/m1/s1. The minimum absolute atomic E-state index is 0.0481. The highest BCUT2D eigenvalue weighted by molar-refractivity contribution is 7.89. The van der Waals surface area contributed by atoms with Crippen LogP contribution in [0.15, 0.2) is 29.2 Å². The summed E-state index contributed by atoms with van der Waals surface area (Å²) in [7, 11) is -3.68. The molecule has 6 nitrogen and oxygen atoms in total. The number of benzene rings is 1. The zero-order valence-electron chi connectivity index (χ0n) is 12.4. The van der Waals surface area contributed by atoms with Gasteiger partial charge in [-0.15, -0.1) is 0 Å². The van der Waals surface area contributed by atoms with Crippen molar-refractivity contribution in [1.82, 2.24) is 9.62 Å². The highest BCUT2D eigenvalue weighted by Crippen LogP contribution is 2.24. The fourth-order valence-electron chi connectivity index (χ4n) is 3.20. The molecule has 1 N–H and O–H groups in total. The monoisotopic (exact) mass is 321 g/mol. The number of fused-ring (bicyclic) bond motifs is 1. The lowest BCUT2D eigenvalue weighted by Gasteiger charge is -2.33. The molecule has 3 atom stereocenters. The molecule has 2 aliphatic rings. The summed E-state index contributed by atoms with van der Waals surface area (Å²) in [6.07, 6.45) is 0.923. The van der Waals surface area contributed by atoms with Crippen molar-refractivity contribution < 1.29 is 13.2 Å². The maximum Gasteiger partial charge on any atom is 0.242 e. The van der Waals surface area contributed by atoms with E-state index in [1.807, 2.05) is 13.0 Å². The number of hydrogen-bond donors (Lipinski definition) is 1. The fourth-order valence-corrected chi connectivity index (χ4v) is 4.60. The number of sulfonamides is 1. The second kappa shape index (κ2) is 5.97. The lowest BCUT2D eigenvalue weighted by molar-refractivity contribution is -0.0390. The molecular formula is C15H19N3O3S. The van der Waals surface area contributed by atoms with Crippen LogP contribution in [0.4, 0.5) is 0 Å². The molecule has 0 unspecified atom stereocenters. The summed E-state index contributed by atoms with van der Waals surface area (Å²) < 4.78 is 33.4. The molecule has 118 valence electrons. The predicted octanol–water partition coefficient (Wildman–Crippen LogP) is 0.698. The maximum atomic E-state index is 12.5. The van der Waals surface area contributed by atoms with Gasteiger partial charge in [0.15, 0.2) is 0 Å². The van der Waals surface area contributed by atoms with Crippen LogP contribution in [-0.2, 0) is 14.8 Å². The number of morpholine rings is 1. The summed E-state index contributed by atoms with van der Waals surface area (Å²) in [5.74, 6) is 0. The van der Waals surface area contributed by atoms with Crippen LogP contribution in [0, 0.1) is 11.3 Å². The van der Waals surface area contributed by atoms with Crippen LogP contribution in [0.1, 0.15) is 18.9 Å². The summed E-state index contributed by atoms with van der Waals surface area (Å²) in [6.45, 7) is 4.19. The van der Waals surface area contributed by atoms with Gasteiger partial charge in [0.05, 0.1) is 23.2 Å². The Bertz CT molecular complexity index is 698. The van der Waals surface area contributed by atoms with Crippen LogP contribution in [0.25, 0.3) is 0 Å². The molecule has 0 aliphatic carbocycles. The van der Waals surface area contributed by atoms with Crippen molar-refractivity contribution in [1.29, 1.82) is 5.26 Å². The average molecular weight is 321 g/mol. The van der Waals surface area contributed by atoms with Gasteiger partial charge in [0.1, 0.15) is 6.07 Å².